The van der Waals surface area contributed by atoms with E-state index >= 15 is 0 Å². The van der Waals surface area contributed by atoms with E-state index in [2.05, 4.69) is 15.6 Å². The Balaban J connectivity index is 1.35. The van der Waals surface area contributed by atoms with Crippen LogP contribution in [0.3, 0.4) is 0 Å². The molecule has 0 spiro atoms. The fourth-order valence-electron chi connectivity index (χ4n) is 7.72. The van der Waals surface area contributed by atoms with Gasteiger partial charge in [0, 0.05) is 29.3 Å². The van der Waals surface area contributed by atoms with Crippen LogP contribution in [0.15, 0.2) is 42.7 Å². The predicted molar refractivity (Wildman–Crippen MR) is 202 cm³/mol. The highest BCUT2D eigenvalue weighted by Crippen LogP contribution is 2.48. The molecule has 4 amide bonds. The van der Waals surface area contributed by atoms with Crippen LogP contribution in [0.4, 0.5) is 22.4 Å². The number of benzene rings is 1. The first-order valence-corrected chi connectivity index (χ1v) is 20.7. The summed E-state index contributed by atoms with van der Waals surface area (Å²) in [5, 5.41) is 6.38. The molecule has 1 aromatic carbocycles. The predicted octanol–water partition coefficient (Wildman–Crippen LogP) is 4.86. The van der Waals surface area contributed by atoms with E-state index in [4.69, 9.17) is 14.2 Å². The summed E-state index contributed by atoms with van der Waals surface area (Å²) in [5.41, 5.74) is -4.66. The lowest BCUT2D eigenvalue weighted by Crippen LogP contribution is -2.60. The van der Waals surface area contributed by atoms with E-state index in [1.807, 2.05) is 17.7 Å². The van der Waals surface area contributed by atoms with Crippen LogP contribution in [0, 0.1) is 17.8 Å². The second kappa shape index (κ2) is 15.8. The molecule has 0 unspecified atom stereocenters. The normalized spacial score (nSPS) is 29.4. The molecule has 3 heterocycles. The molecule has 19 heteroatoms. The number of alkyl halides is 4. The number of rotatable bonds is 9. The lowest BCUT2D eigenvalue weighted by Gasteiger charge is -2.34. The van der Waals surface area contributed by atoms with Crippen molar-refractivity contribution in [2.75, 3.05) is 20.3 Å². The summed E-state index contributed by atoms with van der Waals surface area (Å²) < 4.78 is 98.1. The van der Waals surface area contributed by atoms with Gasteiger partial charge in [-0.25, -0.2) is 17.6 Å². The van der Waals surface area contributed by atoms with Crippen molar-refractivity contribution >= 4 is 44.6 Å². The van der Waals surface area contributed by atoms with Gasteiger partial charge in [0.05, 0.1) is 19.9 Å². The van der Waals surface area contributed by atoms with Crippen molar-refractivity contribution in [3.8, 4) is 11.5 Å². The SMILES string of the molecule is COc1ccc2c(O[C@@H]3C[C@H]4C(=O)N[C@]5(C(=O)NS(=O)(=O)C6(CF)CC6)C[C@H]5/C=C\CC[C@@H](C)C[C@@H](C)[C@H](NC(=O)OC(C)(C)C(F)(F)F)C(=O)N4C3)cncc2c1. The van der Waals surface area contributed by atoms with Crippen LogP contribution in [-0.4, -0.2) is 103 Å². The van der Waals surface area contributed by atoms with Crippen LogP contribution in [0.1, 0.15) is 72.6 Å². The van der Waals surface area contributed by atoms with Crippen molar-refractivity contribution in [3.63, 3.8) is 0 Å². The van der Waals surface area contributed by atoms with Gasteiger partial charge in [0.25, 0.3) is 5.91 Å². The van der Waals surface area contributed by atoms with Gasteiger partial charge in [-0.05, 0) is 82.4 Å². The number of carbonyl (C=O) groups excluding carboxylic acids is 4. The van der Waals surface area contributed by atoms with E-state index in [0.717, 1.165) is 4.90 Å². The number of hydrogen-bond acceptors (Lipinski definition) is 10. The minimum absolute atomic E-state index is 0.0164. The smallest absolute Gasteiger partial charge is 0.427 e. The Hall–Kier alpha value is -4.68. The molecule has 318 valence electrons. The van der Waals surface area contributed by atoms with E-state index in [1.54, 1.807) is 37.4 Å². The number of ether oxygens (including phenoxy) is 3. The third kappa shape index (κ3) is 8.54. The highest BCUT2D eigenvalue weighted by atomic mass is 32.2. The Morgan fingerprint density at radius 2 is 1.83 bits per heavy atom. The number of methoxy groups -OCH3 is 1. The highest BCUT2D eigenvalue weighted by Gasteiger charge is 2.64. The number of alkyl carbamates (subject to hydrolysis) is 1. The summed E-state index contributed by atoms with van der Waals surface area (Å²) in [6.07, 6.45) is 0.635. The number of aromatic nitrogens is 1. The molecule has 2 aliphatic carbocycles. The van der Waals surface area contributed by atoms with Gasteiger partial charge in [-0.15, -0.1) is 0 Å². The molecule has 0 radical (unpaired) electrons. The fraction of sp³-hybridized carbons (Fsp3) is 0.615. The fourth-order valence-corrected chi connectivity index (χ4v) is 9.15. The average molecular weight is 840 g/mol. The molecule has 2 saturated carbocycles. The Labute approximate surface area is 333 Å². The number of nitrogens with one attached hydrogen (secondary N) is 3. The number of hydrogen-bond donors (Lipinski definition) is 3. The van der Waals surface area contributed by atoms with Crippen LogP contribution in [0.25, 0.3) is 10.8 Å². The first kappa shape index (κ1) is 42.9. The molecule has 3 fully saturated rings. The van der Waals surface area contributed by atoms with Gasteiger partial charge in [0.15, 0.2) is 0 Å². The van der Waals surface area contributed by atoms with E-state index in [-0.39, 0.29) is 38.1 Å². The van der Waals surface area contributed by atoms with Crippen molar-refractivity contribution in [2.24, 2.45) is 17.8 Å². The number of allylic oxidation sites excluding steroid dienone is 1. The minimum atomic E-state index is -4.93. The van der Waals surface area contributed by atoms with Crippen LogP contribution in [-0.2, 0) is 29.1 Å². The molecule has 14 nitrogen and oxygen atoms in total. The van der Waals surface area contributed by atoms with Crippen molar-refractivity contribution < 1.29 is 59.4 Å². The molecule has 1 aromatic heterocycles. The number of halogens is 4. The maximum Gasteiger partial charge on any atom is 0.427 e. The van der Waals surface area contributed by atoms with Crippen LogP contribution in [0.5, 0.6) is 11.5 Å². The molecular formula is C39H49F4N5O9S. The second-order valence-electron chi connectivity index (χ2n) is 16.6. The molecule has 3 N–H and O–H groups in total. The molecule has 4 aliphatic rings. The summed E-state index contributed by atoms with van der Waals surface area (Å²) in [7, 11) is -2.95. The number of amides is 4. The average Bonchev–Trinajstić information content (AvgIpc) is 4.05. The number of fused-ring (bicyclic) bond motifs is 3. The van der Waals surface area contributed by atoms with Crippen molar-refractivity contribution in [3.05, 3.63) is 42.7 Å². The third-order valence-corrected chi connectivity index (χ3v) is 13.9. The van der Waals surface area contributed by atoms with Gasteiger partial charge in [-0.3, -0.25) is 24.1 Å². The Bertz CT molecular complexity index is 2080. The lowest BCUT2D eigenvalue weighted by molar-refractivity contribution is -0.244. The van der Waals surface area contributed by atoms with Crippen molar-refractivity contribution in [2.45, 2.75) is 113 Å². The zero-order chi connectivity index (χ0) is 42.4. The largest absolute Gasteiger partial charge is 0.497 e. The molecule has 1 saturated heterocycles. The lowest BCUT2D eigenvalue weighted by atomic mass is 9.88. The minimum Gasteiger partial charge on any atom is -0.497 e. The van der Waals surface area contributed by atoms with E-state index in [1.165, 1.54) is 13.3 Å². The zero-order valence-electron chi connectivity index (χ0n) is 32.9. The third-order valence-electron chi connectivity index (χ3n) is 11.8. The Morgan fingerprint density at radius 3 is 2.48 bits per heavy atom. The topological polar surface area (TPSA) is 182 Å². The van der Waals surface area contributed by atoms with Gasteiger partial charge in [-0.1, -0.05) is 26.0 Å². The quantitative estimate of drug-likeness (QED) is 0.233. The highest BCUT2D eigenvalue weighted by molar-refractivity contribution is 7.91. The van der Waals surface area contributed by atoms with Gasteiger partial charge < -0.3 is 29.7 Å². The van der Waals surface area contributed by atoms with E-state index < -0.39 is 92.6 Å². The molecule has 6 rings (SSSR count). The molecule has 7 atom stereocenters. The second-order valence-corrected chi connectivity index (χ2v) is 18.6. The maximum absolute atomic E-state index is 14.7. The van der Waals surface area contributed by atoms with Gasteiger partial charge in [0.1, 0.15) is 46.6 Å². The van der Waals surface area contributed by atoms with E-state index in [0.29, 0.717) is 55.4 Å². The van der Waals surface area contributed by atoms with Gasteiger partial charge >= 0.3 is 12.3 Å². The summed E-state index contributed by atoms with van der Waals surface area (Å²) in [5.74, 6) is -3.19. The van der Waals surface area contributed by atoms with Gasteiger partial charge in [-0.2, -0.15) is 13.2 Å². The molecular weight excluding hydrogens is 791 g/mol. The zero-order valence-corrected chi connectivity index (χ0v) is 33.7. The molecule has 2 aliphatic heterocycles. The number of carbonyl (C=O) groups is 4. The molecule has 2 aromatic rings. The molecule has 0 bridgehead atoms. The summed E-state index contributed by atoms with van der Waals surface area (Å²) in [6.45, 7) is 3.50. The number of nitrogens with zero attached hydrogens (tertiary/aromatic N) is 2. The summed E-state index contributed by atoms with van der Waals surface area (Å²) in [4.78, 5) is 61.6. The standard InChI is InChI=1S/C39H49F4N5O9S/c1-22-8-6-7-9-25-17-38(25,34(51)47-58(53,54)37(21-40)12-13-37)46-32(49)29-16-27(56-30-19-44-18-24-15-26(55-5)10-11-28(24)30)20-48(29)33(50)31(23(2)14-22)45-35(52)57-36(3,4)39(41,42)43/h7,9-11,15,18-19,22-23,25,27,29,31H,6,8,12-14,16-17,20-21H2,1-5H3,(H,45,52)(H,46,49)(H,47,51)/b9-7-/t22-,23-,25-,27-,29+,31+,38-/m1/s1. The monoisotopic (exact) mass is 839 g/mol. The van der Waals surface area contributed by atoms with Gasteiger partial charge in [0.2, 0.25) is 27.4 Å². The Kier molecular flexibility index (Phi) is 11.7. The maximum atomic E-state index is 14.7. The van der Waals surface area contributed by atoms with Crippen molar-refractivity contribution in [1.82, 2.24) is 25.2 Å². The number of sulfonamides is 1. The summed E-state index contributed by atoms with van der Waals surface area (Å²) >= 11 is 0. The van der Waals surface area contributed by atoms with Crippen LogP contribution < -0.4 is 24.8 Å². The van der Waals surface area contributed by atoms with Crippen molar-refractivity contribution in [1.29, 1.82) is 0 Å². The summed E-state index contributed by atoms with van der Waals surface area (Å²) in [6, 6.07) is 2.37. The number of pyridine rings is 1. The Morgan fingerprint density at radius 1 is 1.10 bits per heavy atom. The first-order chi connectivity index (χ1) is 27.2. The van der Waals surface area contributed by atoms with Crippen LogP contribution >= 0.6 is 0 Å². The van der Waals surface area contributed by atoms with Crippen LogP contribution in [0.2, 0.25) is 0 Å². The van der Waals surface area contributed by atoms with E-state index in [9.17, 15) is 45.2 Å². The molecule has 58 heavy (non-hydrogen) atoms. The first-order valence-electron chi connectivity index (χ1n) is 19.2.